The van der Waals surface area contributed by atoms with E-state index in [-0.39, 0.29) is 5.56 Å². The second-order valence-corrected chi connectivity index (χ2v) is 5.74. The lowest BCUT2D eigenvalue weighted by Crippen LogP contribution is -2.12. The molecule has 6 nitrogen and oxygen atoms in total. The lowest BCUT2D eigenvalue weighted by molar-refractivity contribution is -0.131. The Morgan fingerprint density at radius 1 is 0.643 bits per heavy atom. The summed E-state index contributed by atoms with van der Waals surface area (Å²) >= 11 is 0. The van der Waals surface area contributed by atoms with E-state index >= 15 is 0 Å². The number of hydrogen-bond donors (Lipinski definition) is 1. The van der Waals surface area contributed by atoms with Gasteiger partial charge in [-0.05, 0) is 60.7 Å². The molecule has 28 heavy (non-hydrogen) atoms. The molecular weight excluding hydrogens is 360 g/mol. The Morgan fingerprint density at radius 2 is 1.11 bits per heavy atom. The highest BCUT2D eigenvalue weighted by Gasteiger charge is 2.13. The fraction of sp³-hybridized carbons (Fsp3) is 0.0909. The van der Waals surface area contributed by atoms with Crippen LogP contribution in [0, 0.1) is 0 Å². The van der Waals surface area contributed by atoms with Gasteiger partial charge in [0.15, 0.2) is 0 Å². The molecule has 142 valence electrons. The molecule has 0 aliphatic heterocycles. The van der Waals surface area contributed by atoms with Crippen LogP contribution in [0.25, 0.3) is 0 Å². The van der Waals surface area contributed by atoms with E-state index in [0.29, 0.717) is 30.5 Å². The summed E-state index contributed by atoms with van der Waals surface area (Å²) < 4.78 is 16.8. The highest BCUT2D eigenvalue weighted by Crippen LogP contribution is 2.23. The maximum Gasteiger partial charge on any atom is 0.377 e. The van der Waals surface area contributed by atoms with Crippen molar-refractivity contribution in [3.05, 3.63) is 84.4 Å². The Bertz CT molecular complexity index is 918. The van der Waals surface area contributed by atoms with Gasteiger partial charge in [0, 0.05) is 5.56 Å². The standard InChI is InChI=1S/C22H18O6/c23-21(22(24)25)16-6-8-17(9-7-16)26-14-15-27-18-10-12-20(13-11-18)28-19-4-2-1-3-5-19/h1-13H,14-15H2,(H,24,25). The summed E-state index contributed by atoms with van der Waals surface area (Å²) in [6, 6.07) is 22.7. The van der Waals surface area contributed by atoms with E-state index in [9.17, 15) is 9.59 Å². The van der Waals surface area contributed by atoms with E-state index in [0.717, 1.165) is 5.75 Å². The Kier molecular flexibility index (Phi) is 6.25. The number of para-hydroxylation sites is 1. The summed E-state index contributed by atoms with van der Waals surface area (Å²) in [5.41, 5.74) is 0.105. The first-order valence-electron chi connectivity index (χ1n) is 8.58. The van der Waals surface area contributed by atoms with Crippen molar-refractivity contribution < 1.29 is 28.9 Å². The molecular formula is C22H18O6. The number of carboxylic acid groups (broad SMARTS) is 1. The van der Waals surface area contributed by atoms with Crippen LogP contribution in [-0.2, 0) is 4.79 Å². The average molecular weight is 378 g/mol. The highest BCUT2D eigenvalue weighted by atomic mass is 16.5. The lowest BCUT2D eigenvalue weighted by Gasteiger charge is -2.10. The number of ether oxygens (including phenoxy) is 3. The predicted octanol–water partition coefficient (Wildman–Crippen LogP) is 4.20. The van der Waals surface area contributed by atoms with Crippen LogP contribution in [0.2, 0.25) is 0 Å². The predicted molar refractivity (Wildman–Crippen MR) is 102 cm³/mol. The largest absolute Gasteiger partial charge is 0.490 e. The molecule has 0 heterocycles. The van der Waals surface area contributed by atoms with Gasteiger partial charge in [0.05, 0.1) is 0 Å². The SMILES string of the molecule is O=C(O)C(=O)c1ccc(OCCOc2ccc(Oc3ccccc3)cc2)cc1. The van der Waals surface area contributed by atoms with E-state index < -0.39 is 11.8 Å². The Labute approximate surface area is 161 Å². The number of carboxylic acids is 1. The van der Waals surface area contributed by atoms with Gasteiger partial charge in [-0.25, -0.2) is 4.79 Å². The molecule has 0 aliphatic carbocycles. The van der Waals surface area contributed by atoms with E-state index in [2.05, 4.69) is 0 Å². The summed E-state index contributed by atoms with van der Waals surface area (Å²) in [7, 11) is 0. The lowest BCUT2D eigenvalue weighted by atomic mass is 10.1. The van der Waals surface area contributed by atoms with Crippen molar-refractivity contribution in [3.8, 4) is 23.0 Å². The summed E-state index contributed by atoms with van der Waals surface area (Å²) in [6.45, 7) is 0.628. The van der Waals surface area contributed by atoms with Gasteiger partial charge in [-0.15, -0.1) is 0 Å². The van der Waals surface area contributed by atoms with Crippen molar-refractivity contribution in [1.29, 1.82) is 0 Å². The van der Waals surface area contributed by atoms with Gasteiger partial charge in [0.25, 0.3) is 5.78 Å². The van der Waals surface area contributed by atoms with Crippen molar-refractivity contribution in [2.75, 3.05) is 13.2 Å². The van der Waals surface area contributed by atoms with Gasteiger partial charge in [-0.3, -0.25) is 4.79 Å². The number of benzene rings is 3. The number of Topliss-reactive ketones (excluding diaryl/α,β-unsaturated/α-hetero) is 1. The molecule has 3 rings (SSSR count). The van der Waals surface area contributed by atoms with Gasteiger partial charge in [-0.1, -0.05) is 18.2 Å². The molecule has 6 heteroatoms. The van der Waals surface area contributed by atoms with Crippen LogP contribution < -0.4 is 14.2 Å². The van der Waals surface area contributed by atoms with E-state index in [4.69, 9.17) is 19.3 Å². The minimum atomic E-state index is -1.48. The molecule has 3 aromatic carbocycles. The summed E-state index contributed by atoms with van der Waals surface area (Å²) in [4.78, 5) is 22.0. The maximum absolute atomic E-state index is 11.3. The Balaban J connectivity index is 1.42. The Hall–Kier alpha value is -3.80. The van der Waals surface area contributed by atoms with Gasteiger partial charge in [0.1, 0.15) is 36.2 Å². The molecule has 0 saturated carbocycles. The Morgan fingerprint density at radius 3 is 1.64 bits per heavy atom. The van der Waals surface area contributed by atoms with Crippen LogP contribution in [0.15, 0.2) is 78.9 Å². The molecule has 1 N–H and O–H groups in total. The van der Waals surface area contributed by atoms with Gasteiger partial charge >= 0.3 is 5.97 Å². The number of ketones is 1. The minimum Gasteiger partial charge on any atom is -0.490 e. The summed E-state index contributed by atoms with van der Waals surface area (Å²) in [5, 5.41) is 8.67. The molecule has 0 amide bonds. The average Bonchev–Trinajstić information content (AvgIpc) is 2.73. The van der Waals surface area contributed by atoms with Crippen molar-refractivity contribution in [2.24, 2.45) is 0 Å². The van der Waals surface area contributed by atoms with Gasteiger partial charge in [-0.2, -0.15) is 0 Å². The van der Waals surface area contributed by atoms with Gasteiger partial charge in [0.2, 0.25) is 0 Å². The van der Waals surface area contributed by atoms with Crippen molar-refractivity contribution in [1.82, 2.24) is 0 Å². The topological polar surface area (TPSA) is 82.1 Å². The van der Waals surface area contributed by atoms with E-state index in [1.807, 2.05) is 54.6 Å². The number of aliphatic carboxylic acids is 1. The highest BCUT2D eigenvalue weighted by molar-refractivity contribution is 6.39. The first-order chi connectivity index (χ1) is 13.6. The second-order valence-electron chi connectivity index (χ2n) is 5.74. The van der Waals surface area contributed by atoms with Crippen molar-refractivity contribution >= 4 is 11.8 Å². The number of hydrogen-bond acceptors (Lipinski definition) is 5. The third kappa shape index (κ3) is 5.35. The monoisotopic (exact) mass is 378 g/mol. The van der Waals surface area contributed by atoms with Crippen LogP contribution in [0.1, 0.15) is 10.4 Å². The molecule has 0 aliphatic rings. The molecule has 0 radical (unpaired) electrons. The van der Waals surface area contributed by atoms with Crippen molar-refractivity contribution in [3.63, 3.8) is 0 Å². The fourth-order valence-electron chi connectivity index (χ4n) is 2.37. The van der Waals surface area contributed by atoms with Gasteiger partial charge < -0.3 is 19.3 Å². The normalized spacial score (nSPS) is 10.1. The molecule has 3 aromatic rings. The zero-order valence-electron chi connectivity index (χ0n) is 14.9. The zero-order valence-corrected chi connectivity index (χ0v) is 14.9. The van der Waals surface area contributed by atoms with Crippen molar-refractivity contribution in [2.45, 2.75) is 0 Å². The van der Waals surface area contributed by atoms with Crippen LogP contribution in [-0.4, -0.2) is 30.1 Å². The number of carbonyl (C=O) groups excluding carboxylic acids is 1. The van der Waals surface area contributed by atoms with Crippen LogP contribution in [0.4, 0.5) is 0 Å². The quantitative estimate of drug-likeness (QED) is 0.341. The van der Waals surface area contributed by atoms with E-state index in [1.54, 1.807) is 12.1 Å². The molecule has 0 aromatic heterocycles. The second kappa shape index (κ2) is 9.23. The smallest absolute Gasteiger partial charge is 0.377 e. The summed E-state index contributed by atoms with van der Waals surface area (Å²) in [5.74, 6) is 0.256. The molecule has 0 unspecified atom stereocenters. The molecule has 0 fully saturated rings. The fourth-order valence-corrected chi connectivity index (χ4v) is 2.37. The number of rotatable bonds is 9. The van der Waals surface area contributed by atoms with Crippen LogP contribution in [0.3, 0.4) is 0 Å². The molecule has 0 saturated heterocycles. The molecule has 0 spiro atoms. The molecule has 0 bridgehead atoms. The maximum atomic E-state index is 11.3. The van der Waals surface area contributed by atoms with E-state index in [1.165, 1.54) is 12.1 Å². The third-order valence-corrected chi connectivity index (χ3v) is 3.73. The number of carbonyl (C=O) groups is 2. The first kappa shape index (κ1) is 19.0. The third-order valence-electron chi connectivity index (χ3n) is 3.73. The summed E-state index contributed by atoms with van der Waals surface area (Å²) in [6.07, 6.45) is 0. The zero-order chi connectivity index (χ0) is 19.8. The van der Waals surface area contributed by atoms with Crippen LogP contribution >= 0.6 is 0 Å². The first-order valence-corrected chi connectivity index (χ1v) is 8.58. The minimum absolute atomic E-state index is 0.105. The molecule has 0 atom stereocenters. The van der Waals surface area contributed by atoms with Crippen LogP contribution in [0.5, 0.6) is 23.0 Å².